The first-order valence-corrected chi connectivity index (χ1v) is 28.8. The minimum atomic E-state index is -3.86. The van der Waals surface area contributed by atoms with E-state index >= 15 is 0 Å². The van der Waals surface area contributed by atoms with Crippen molar-refractivity contribution >= 4 is 19.7 Å². The number of nitrogens with zero attached hydrogens (tertiary/aromatic N) is 10. The number of hydrogen-bond donors (Lipinski definition) is 0. The number of fused-ring (bicyclic) bond motifs is 2. The molecule has 6 heterocycles. The Hall–Kier alpha value is -8.06. The number of para-hydroxylation sites is 4. The molecular weight excluding hydrogens is 1070 g/mol. The molecule has 420 valence electrons. The summed E-state index contributed by atoms with van der Waals surface area (Å²) in [4.78, 5) is 17.2. The molecule has 4 aromatic heterocycles. The van der Waals surface area contributed by atoms with Gasteiger partial charge in [-0.2, -0.15) is 0 Å². The van der Waals surface area contributed by atoms with Crippen LogP contribution >= 0.6 is 0 Å². The van der Waals surface area contributed by atoms with Crippen molar-refractivity contribution in [1.29, 1.82) is 0 Å². The monoisotopic (exact) mass is 1130 g/mol. The molecule has 0 saturated carbocycles. The highest BCUT2D eigenvalue weighted by molar-refractivity contribution is 7.91. The molecule has 0 radical (unpaired) electrons. The van der Waals surface area contributed by atoms with Gasteiger partial charge in [0.25, 0.3) is 0 Å². The van der Waals surface area contributed by atoms with Crippen molar-refractivity contribution in [3.05, 3.63) is 167 Å². The van der Waals surface area contributed by atoms with E-state index in [1.165, 1.54) is 14.2 Å². The van der Waals surface area contributed by atoms with E-state index in [4.69, 9.17) is 37.9 Å². The van der Waals surface area contributed by atoms with Crippen LogP contribution < -0.4 is 28.4 Å². The summed E-state index contributed by atoms with van der Waals surface area (Å²) >= 11 is 0. The fourth-order valence-electron chi connectivity index (χ4n) is 9.76. The van der Waals surface area contributed by atoms with E-state index in [0.717, 1.165) is 33.8 Å². The van der Waals surface area contributed by atoms with E-state index in [1.54, 1.807) is 113 Å². The lowest BCUT2D eigenvalue weighted by Gasteiger charge is -2.22. The van der Waals surface area contributed by atoms with E-state index in [0.29, 0.717) is 59.2 Å². The summed E-state index contributed by atoms with van der Waals surface area (Å²) in [7, 11) is 1.32. The highest BCUT2D eigenvalue weighted by Crippen LogP contribution is 2.44. The highest BCUT2D eigenvalue weighted by atomic mass is 32.2. The molecule has 0 N–H and O–H groups in total. The minimum Gasteiger partial charge on any atom is -0.494 e. The number of hydrogen-bond acceptors (Lipinski definition) is 20. The van der Waals surface area contributed by atoms with Crippen LogP contribution in [-0.4, -0.2) is 133 Å². The first-order valence-electron chi connectivity index (χ1n) is 25.4. The quantitative estimate of drug-likeness (QED) is 0.0731. The number of aryl methyl sites for hydroxylation is 2. The van der Waals surface area contributed by atoms with Crippen molar-refractivity contribution in [3.8, 4) is 45.9 Å². The largest absolute Gasteiger partial charge is 0.494 e. The van der Waals surface area contributed by atoms with Gasteiger partial charge in [-0.15, -0.1) is 20.4 Å². The molecule has 80 heavy (non-hydrogen) atoms. The molecule has 4 aromatic carbocycles. The first-order chi connectivity index (χ1) is 38.6. The minimum absolute atomic E-state index is 0.203. The van der Waals surface area contributed by atoms with Crippen molar-refractivity contribution in [1.82, 2.24) is 49.5 Å². The third-order valence-electron chi connectivity index (χ3n) is 14.0. The zero-order valence-corrected chi connectivity index (χ0v) is 47.5. The number of methoxy groups -OCH3 is 6. The maximum Gasteiger partial charge on any atom is 0.163 e. The topological polar surface area (TPSA) is 255 Å². The van der Waals surface area contributed by atoms with E-state index in [-0.39, 0.29) is 35.1 Å². The van der Waals surface area contributed by atoms with Crippen LogP contribution in [0.5, 0.6) is 34.5 Å². The summed E-state index contributed by atoms with van der Waals surface area (Å²) in [6.07, 6.45) is 4.77. The SMILES string of the molecule is COc1cccc(OC)c1-n1c(CS(=O)(=O)[C@@H](C)[C@H](OC)c2ncc(C)cn2)nnc1[C@@H]1COc2ccccc21.COc1cccc(OC)c1-n1c(CS(=O)(=O)[C@@H](C)[C@H](OC)c2ncc(C)cn2)nnc1[C@H]1COc2ccccc21. The van der Waals surface area contributed by atoms with E-state index < -0.39 is 53.9 Å². The van der Waals surface area contributed by atoms with E-state index in [9.17, 15) is 16.8 Å². The van der Waals surface area contributed by atoms with Crippen molar-refractivity contribution in [2.45, 2.75) is 73.7 Å². The molecule has 0 saturated heterocycles. The number of sulfone groups is 2. The normalized spacial score (nSPS) is 16.2. The van der Waals surface area contributed by atoms with Crippen molar-refractivity contribution < 1.29 is 54.7 Å². The molecular formula is C56H62N10O12S2. The molecule has 2 aliphatic rings. The molecule has 0 unspecified atom stereocenters. The Bertz CT molecular complexity index is 3410. The standard InChI is InChI=1S/2C28H31N5O6S/c2*1-17-13-29-27(30-14-17)26(38-5)18(2)40(34,35)16-24-31-32-28(20-15-39-21-10-7-6-9-19(20)21)33(24)25-22(36-3)11-8-12-23(25)37-4/h2*6-14,18,20,26H,15-16H2,1-5H3/t18-,20+,26-;18-,20-,26-/m00/s1. The number of aromatic nitrogens is 10. The highest BCUT2D eigenvalue weighted by Gasteiger charge is 2.40. The van der Waals surface area contributed by atoms with Gasteiger partial charge in [0, 0.05) is 50.1 Å². The summed E-state index contributed by atoms with van der Waals surface area (Å²) in [5, 5.41) is 15.8. The maximum atomic E-state index is 13.9. The summed E-state index contributed by atoms with van der Waals surface area (Å²) in [5.74, 6) is 3.96. The lowest BCUT2D eigenvalue weighted by atomic mass is 10.0. The number of benzene rings is 4. The Kier molecular flexibility index (Phi) is 17.1. The third-order valence-corrected chi connectivity index (χ3v) is 18.1. The first kappa shape index (κ1) is 56.7. The van der Waals surface area contributed by atoms with Crippen LogP contribution in [0.15, 0.2) is 110 Å². The van der Waals surface area contributed by atoms with Crippen LogP contribution in [0, 0.1) is 13.8 Å². The summed E-state index contributed by atoms with van der Waals surface area (Å²) in [5.41, 5.74) is 4.59. The van der Waals surface area contributed by atoms with Crippen LogP contribution in [-0.2, 0) is 40.7 Å². The molecule has 2 aliphatic heterocycles. The smallest absolute Gasteiger partial charge is 0.163 e. The second kappa shape index (κ2) is 24.1. The van der Waals surface area contributed by atoms with Crippen LogP contribution in [0.4, 0.5) is 0 Å². The molecule has 6 atom stereocenters. The van der Waals surface area contributed by atoms with Gasteiger partial charge in [0.15, 0.2) is 43.0 Å². The van der Waals surface area contributed by atoms with E-state index in [2.05, 4.69) is 40.3 Å². The van der Waals surface area contributed by atoms with Gasteiger partial charge in [-0.05, 0) is 75.2 Å². The average molecular weight is 1130 g/mol. The maximum absolute atomic E-state index is 13.9. The average Bonchev–Trinajstić information content (AvgIpc) is 4.38. The summed E-state index contributed by atoms with van der Waals surface area (Å²) in [6, 6.07) is 26.1. The number of rotatable bonds is 20. The molecule has 22 nitrogen and oxygen atoms in total. The predicted molar refractivity (Wildman–Crippen MR) is 294 cm³/mol. The molecule has 0 amide bonds. The predicted octanol–water partition coefficient (Wildman–Crippen LogP) is 7.20. The fraction of sp³-hybridized carbons (Fsp3) is 0.357. The Morgan fingerprint density at radius 1 is 0.500 bits per heavy atom. The zero-order valence-electron chi connectivity index (χ0n) is 45.9. The Balaban J connectivity index is 0.000000194. The lowest BCUT2D eigenvalue weighted by molar-refractivity contribution is 0.0947. The van der Waals surface area contributed by atoms with Gasteiger partial charge in [0.05, 0.1) is 50.8 Å². The summed E-state index contributed by atoms with van der Waals surface area (Å²) in [6.45, 7) is 7.54. The van der Waals surface area contributed by atoms with Crippen LogP contribution in [0.25, 0.3) is 11.4 Å². The van der Waals surface area contributed by atoms with Crippen LogP contribution in [0.1, 0.15) is 95.1 Å². The lowest BCUT2D eigenvalue weighted by Crippen LogP contribution is -2.30. The Morgan fingerprint density at radius 2 is 0.838 bits per heavy atom. The van der Waals surface area contributed by atoms with Crippen molar-refractivity contribution in [2.24, 2.45) is 0 Å². The van der Waals surface area contributed by atoms with Gasteiger partial charge in [0.2, 0.25) is 0 Å². The van der Waals surface area contributed by atoms with Crippen LogP contribution in [0.2, 0.25) is 0 Å². The van der Waals surface area contributed by atoms with Gasteiger partial charge in [0.1, 0.15) is 94.4 Å². The van der Waals surface area contributed by atoms with Crippen LogP contribution in [0.3, 0.4) is 0 Å². The van der Waals surface area contributed by atoms with Gasteiger partial charge in [-0.1, -0.05) is 48.5 Å². The van der Waals surface area contributed by atoms with Crippen molar-refractivity contribution in [2.75, 3.05) is 55.9 Å². The second-order valence-corrected chi connectivity index (χ2v) is 23.7. The van der Waals surface area contributed by atoms with Gasteiger partial charge in [-0.25, -0.2) is 36.8 Å². The molecule has 0 aliphatic carbocycles. The van der Waals surface area contributed by atoms with Gasteiger partial charge >= 0.3 is 0 Å². The van der Waals surface area contributed by atoms with Gasteiger partial charge < -0.3 is 37.9 Å². The second-order valence-electron chi connectivity index (χ2n) is 19.0. The molecule has 10 rings (SSSR count). The number of ether oxygens (including phenoxy) is 8. The molecule has 8 aromatic rings. The molecule has 0 fully saturated rings. The van der Waals surface area contributed by atoms with Crippen molar-refractivity contribution in [3.63, 3.8) is 0 Å². The third kappa shape index (κ3) is 11.2. The van der Waals surface area contributed by atoms with E-state index in [1.807, 2.05) is 62.4 Å². The fourth-order valence-corrected chi connectivity index (χ4v) is 12.6. The molecule has 0 spiro atoms. The Labute approximate surface area is 464 Å². The molecule has 0 bridgehead atoms. The zero-order chi connectivity index (χ0) is 56.9. The molecule has 24 heteroatoms. The summed E-state index contributed by atoms with van der Waals surface area (Å²) < 4.78 is 105. The Morgan fingerprint density at radius 3 is 1.16 bits per heavy atom. The van der Waals surface area contributed by atoms with Gasteiger partial charge in [-0.3, -0.25) is 9.13 Å².